The molecular weight excluding hydrogens is 354 g/mol. The molecule has 112 valence electrons. The number of aryl methyl sites for hydroxylation is 1. The minimum Gasteiger partial charge on any atom is -0.380 e. The molecule has 0 heterocycles. The van der Waals surface area contributed by atoms with E-state index in [2.05, 4.69) is 20.7 Å². The van der Waals surface area contributed by atoms with Crippen LogP contribution >= 0.6 is 15.9 Å². The lowest BCUT2D eigenvalue weighted by Crippen LogP contribution is -2.14. The number of methoxy groups -OCH3 is 1. The minimum atomic E-state index is -3.61. The normalized spacial score (nSPS) is 11.4. The first-order valence-electron chi connectivity index (χ1n) is 6.30. The summed E-state index contributed by atoms with van der Waals surface area (Å²) in [4.78, 5) is 0.233. The number of anilines is 1. The lowest BCUT2D eigenvalue weighted by Gasteiger charge is -2.13. The van der Waals surface area contributed by atoms with Crippen molar-refractivity contribution >= 4 is 31.6 Å². The molecule has 0 bridgehead atoms. The third-order valence-corrected chi connectivity index (χ3v) is 5.11. The molecule has 0 aliphatic carbocycles. The Morgan fingerprint density at radius 2 is 1.81 bits per heavy atom. The first-order chi connectivity index (χ1) is 9.94. The fourth-order valence-corrected chi connectivity index (χ4v) is 3.44. The number of rotatable bonds is 5. The summed E-state index contributed by atoms with van der Waals surface area (Å²) in [6.07, 6.45) is 0. The average molecular weight is 370 g/mol. The van der Waals surface area contributed by atoms with Gasteiger partial charge in [0.15, 0.2) is 0 Å². The molecule has 1 N–H and O–H groups in total. The van der Waals surface area contributed by atoms with Gasteiger partial charge in [0, 0.05) is 17.1 Å². The lowest BCUT2D eigenvalue weighted by molar-refractivity contribution is 0.185. The largest absolute Gasteiger partial charge is 0.380 e. The average Bonchev–Trinajstić information content (AvgIpc) is 2.43. The van der Waals surface area contributed by atoms with Gasteiger partial charge in [-0.25, -0.2) is 8.42 Å². The summed E-state index contributed by atoms with van der Waals surface area (Å²) >= 11 is 3.41. The maximum Gasteiger partial charge on any atom is 0.261 e. The monoisotopic (exact) mass is 369 g/mol. The predicted octanol–water partition coefficient (Wildman–Crippen LogP) is 3.70. The second-order valence-corrected chi connectivity index (χ2v) is 7.15. The van der Waals surface area contributed by atoms with Gasteiger partial charge >= 0.3 is 0 Å². The van der Waals surface area contributed by atoms with E-state index in [4.69, 9.17) is 4.74 Å². The van der Waals surface area contributed by atoms with E-state index in [-0.39, 0.29) is 4.90 Å². The van der Waals surface area contributed by atoms with Gasteiger partial charge in [0.25, 0.3) is 10.0 Å². The highest BCUT2D eigenvalue weighted by atomic mass is 79.9. The van der Waals surface area contributed by atoms with Crippen LogP contribution < -0.4 is 4.72 Å². The number of hydrogen-bond acceptors (Lipinski definition) is 3. The molecule has 0 saturated carbocycles. The molecular formula is C15H16BrNO3S. The minimum absolute atomic E-state index is 0.233. The van der Waals surface area contributed by atoms with E-state index in [1.165, 1.54) is 0 Å². The van der Waals surface area contributed by atoms with Crippen LogP contribution in [0.5, 0.6) is 0 Å². The van der Waals surface area contributed by atoms with Crippen molar-refractivity contribution in [2.24, 2.45) is 0 Å². The summed E-state index contributed by atoms with van der Waals surface area (Å²) < 4.78 is 33.4. The van der Waals surface area contributed by atoms with E-state index in [9.17, 15) is 8.42 Å². The highest BCUT2D eigenvalue weighted by molar-refractivity contribution is 9.10. The number of nitrogens with one attached hydrogen (secondary N) is 1. The van der Waals surface area contributed by atoms with Crippen LogP contribution in [-0.2, 0) is 21.4 Å². The fraction of sp³-hybridized carbons (Fsp3) is 0.200. The topological polar surface area (TPSA) is 55.4 Å². The van der Waals surface area contributed by atoms with Gasteiger partial charge in [-0.3, -0.25) is 4.72 Å². The van der Waals surface area contributed by atoms with Gasteiger partial charge in [0.05, 0.1) is 17.2 Å². The van der Waals surface area contributed by atoms with Crippen molar-refractivity contribution < 1.29 is 13.2 Å². The van der Waals surface area contributed by atoms with Gasteiger partial charge in [0.2, 0.25) is 0 Å². The third-order valence-electron chi connectivity index (χ3n) is 2.98. The van der Waals surface area contributed by atoms with Crippen LogP contribution in [0.15, 0.2) is 51.8 Å². The van der Waals surface area contributed by atoms with E-state index < -0.39 is 10.0 Å². The SMILES string of the molecule is COCc1c(Br)cccc1NS(=O)(=O)c1ccc(C)cc1. The van der Waals surface area contributed by atoms with Gasteiger partial charge in [-0.15, -0.1) is 0 Å². The van der Waals surface area contributed by atoms with Gasteiger partial charge in [-0.1, -0.05) is 39.7 Å². The van der Waals surface area contributed by atoms with Crippen molar-refractivity contribution in [2.75, 3.05) is 11.8 Å². The summed E-state index contributed by atoms with van der Waals surface area (Å²) in [7, 11) is -2.05. The summed E-state index contributed by atoms with van der Waals surface area (Å²) in [5.74, 6) is 0. The molecule has 6 heteroatoms. The number of sulfonamides is 1. The molecule has 2 rings (SSSR count). The number of benzene rings is 2. The molecule has 0 fully saturated rings. The quantitative estimate of drug-likeness (QED) is 0.873. The zero-order valence-electron chi connectivity index (χ0n) is 11.8. The molecule has 0 aliphatic heterocycles. The van der Waals surface area contributed by atoms with Crippen LogP contribution in [0.3, 0.4) is 0 Å². The Hall–Kier alpha value is -1.37. The van der Waals surface area contributed by atoms with Crippen LogP contribution in [0, 0.1) is 6.92 Å². The number of ether oxygens (including phenoxy) is 1. The van der Waals surface area contributed by atoms with Crippen molar-refractivity contribution in [2.45, 2.75) is 18.4 Å². The molecule has 2 aromatic carbocycles. The van der Waals surface area contributed by atoms with Gasteiger partial charge in [-0.2, -0.15) is 0 Å². The highest BCUT2D eigenvalue weighted by Crippen LogP contribution is 2.27. The Morgan fingerprint density at radius 1 is 1.14 bits per heavy atom. The summed E-state index contributed by atoms with van der Waals surface area (Å²) in [6.45, 7) is 2.22. The number of hydrogen-bond donors (Lipinski definition) is 1. The van der Waals surface area contributed by atoms with Crippen LogP contribution in [0.1, 0.15) is 11.1 Å². The van der Waals surface area contributed by atoms with E-state index >= 15 is 0 Å². The molecule has 0 aliphatic rings. The van der Waals surface area contributed by atoms with Crippen LogP contribution in [0.2, 0.25) is 0 Å². The lowest BCUT2D eigenvalue weighted by atomic mass is 10.2. The molecule has 0 radical (unpaired) electrons. The summed E-state index contributed by atoms with van der Waals surface area (Å²) in [5, 5.41) is 0. The van der Waals surface area contributed by atoms with Crippen LogP contribution in [0.25, 0.3) is 0 Å². The van der Waals surface area contributed by atoms with E-state index in [0.717, 1.165) is 15.6 Å². The van der Waals surface area contributed by atoms with Crippen molar-refractivity contribution in [1.82, 2.24) is 0 Å². The predicted molar refractivity (Wildman–Crippen MR) is 86.8 cm³/mol. The Labute approximate surface area is 133 Å². The van der Waals surface area contributed by atoms with Crippen molar-refractivity contribution in [3.05, 3.63) is 58.1 Å². The second kappa shape index (κ2) is 6.60. The van der Waals surface area contributed by atoms with E-state index in [0.29, 0.717) is 12.3 Å². The highest BCUT2D eigenvalue weighted by Gasteiger charge is 2.16. The van der Waals surface area contributed by atoms with Crippen molar-refractivity contribution in [3.63, 3.8) is 0 Å². The smallest absolute Gasteiger partial charge is 0.261 e. The van der Waals surface area contributed by atoms with Crippen molar-refractivity contribution in [1.29, 1.82) is 0 Å². The Kier molecular flexibility index (Phi) is 5.03. The molecule has 0 unspecified atom stereocenters. The molecule has 0 amide bonds. The van der Waals surface area contributed by atoms with Gasteiger partial charge < -0.3 is 4.74 Å². The van der Waals surface area contributed by atoms with Crippen LogP contribution in [0.4, 0.5) is 5.69 Å². The Morgan fingerprint density at radius 3 is 2.43 bits per heavy atom. The first-order valence-corrected chi connectivity index (χ1v) is 8.57. The van der Waals surface area contributed by atoms with Crippen LogP contribution in [-0.4, -0.2) is 15.5 Å². The number of halogens is 1. The Balaban J connectivity index is 2.37. The maximum atomic E-state index is 12.4. The molecule has 21 heavy (non-hydrogen) atoms. The molecule has 2 aromatic rings. The Bertz CT molecular complexity index is 727. The molecule has 0 atom stereocenters. The van der Waals surface area contributed by atoms with Crippen molar-refractivity contribution in [3.8, 4) is 0 Å². The third kappa shape index (κ3) is 3.84. The first kappa shape index (κ1) is 16.0. The molecule has 0 spiro atoms. The summed E-state index contributed by atoms with van der Waals surface area (Å²) in [5.41, 5.74) is 2.28. The maximum absolute atomic E-state index is 12.4. The summed E-state index contributed by atoms with van der Waals surface area (Å²) in [6, 6.07) is 12.0. The van der Waals surface area contributed by atoms with E-state index in [1.807, 2.05) is 13.0 Å². The zero-order valence-corrected chi connectivity index (χ0v) is 14.2. The fourth-order valence-electron chi connectivity index (χ4n) is 1.87. The van der Waals surface area contributed by atoms with Gasteiger partial charge in [0.1, 0.15) is 0 Å². The van der Waals surface area contributed by atoms with E-state index in [1.54, 1.807) is 43.5 Å². The van der Waals surface area contributed by atoms with Gasteiger partial charge in [-0.05, 0) is 31.2 Å². The zero-order chi connectivity index (χ0) is 15.5. The second-order valence-electron chi connectivity index (χ2n) is 4.62. The standard InChI is InChI=1S/C15H16BrNO3S/c1-11-6-8-12(9-7-11)21(18,19)17-15-5-3-4-14(16)13(15)10-20-2/h3-9,17H,10H2,1-2H3. The molecule has 0 aromatic heterocycles. The molecule has 4 nitrogen and oxygen atoms in total. The molecule has 0 saturated heterocycles.